The summed E-state index contributed by atoms with van der Waals surface area (Å²) in [7, 11) is 0. The van der Waals surface area contributed by atoms with Crippen molar-refractivity contribution in [3.8, 4) is 5.88 Å². The van der Waals surface area contributed by atoms with Gasteiger partial charge in [-0.2, -0.15) is 8.78 Å². The molecule has 2 aromatic rings. The third-order valence-corrected chi connectivity index (χ3v) is 3.54. The molecule has 0 bridgehead atoms. The molecule has 0 atom stereocenters. The lowest BCUT2D eigenvalue weighted by molar-refractivity contribution is -0.0529. The number of carbonyl (C=O) groups excluding carboxylic acids is 1. The van der Waals surface area contributed by atoms with Gasteiger partial charge >= 0.3 is 12.6 Å². The Kier molecular flexibility index (Phi) is 6.62. The molecule has 1 aromatic carbocycles. The van der Waals surface area contributed by atoms with E-state index in [0.29, 0.717) is 5.56 Å². The van der Waals surface area contributed by atoms with Crippen molar-refractivity contribution in [1.29, 1.82) is 0 Å². The highest BCUT2D eigenvalue weighted by Gasteiger charge is 2.10. The summed E-state index contributed by atoms with van der Waals surface area (Å²) < 4.78 is 40.3. The minimum Gasteiger partial charge on any atom is -0.417 e. The summed E-state index contributed by atoms with van der Waals surface area (Å²) in [6, 6.07) is 7.25. The van der Waals surface area contributed by atoms with Gasteiger partial charge in [0.15, 0.2) is 0 Å². The van der Waals surface area contributed by atoms with Crippen LogP contribution in [-0.2, 0) is 19.4 Å². The fourth-order valence-electron chi connectivity index (χ4n) is 2.45. The predicted molar refractivity (Wildman–Crippen MR) is 85.7 cm³/mol. The molecule has 1 aliphatic rings. The van der Waals surface area contributed by atoms with Crippen LogP contribution in [-0.4, -0.2) is 17.6 Å². The number of nitrogens with one attached hydrogen (secondary N) is 1. The Morgan fingerprint density at radius 2 is 2.00 bits per heavy atom. The van der Waals surface area contributed by atoms with Gasteiger partial charge in [-0.1, -0.05) is 6.07 Å². The van der Waals surface area contributed by atoms with E-state index in [9.17, 15) is 18.0 Å². The molecule has 0 aliphatic heterocycles. The number of urea groups is 1. The number of alkyl halides is 2. The normalized spacial score (nSPS) is 12.2. The summed E-state index contributed by atoms with van der Waals surface area (Å²) in [5, 5.41) is 2.31. The van der Waals surface area contributed by atoms with E-state index >= 15 is 0 Å². The van der Waals surface area contributed by atoms with Crippen molar-refractivity contribution in [2.24, 2.45) is 5.73 Å². The second kappa shape index (κ2) is 8.91. The van der Waals surface area contributed by atoms with Crippen molar-refractivity contribution in [2.45, 2.75) is 32.4 Å². The zero-order chi connectivity index (χ0) is 18.2. The Bertz CT molecular complexity index is 726. The van der Waals surface area contributed by atoms with E-state index in [4.69, 9.17) is 5.73 Å². The van der Waals surface area contributed by atoms with E-state index in [-0.39, 0.29) is 18.2 Å². The first-order valence-corrected chi connectivity index (χ1v) is 7.64. The monoisotopic (exact) mass is 353 g/mol. The lowest BCUT2D eigenvalue weighted by Crippen LogP contribution is -2.28. The zero-order valence-corrected chi connectivity index (χ0v) is 13.3. The van der Waals surface area contributed by atoms with Gasteiger partial charge in [-0.05, 0) is 54.2 Å². The van der Waals surface area contributed by atoms with E-state index in [1.54, 1.807) is 18.2 Å². The number of benzene rings is 1. The highest BCUT2D eigenvalue weighted by molar-refractivity contribution is 5.71. The summed E-state index contributed by atoms with van der Waals surface area (Å²) in [5.41, 5.74) is 7.95. The highest BCUT2D eigenvalue weighted by Crippen LogP contribution is 2.21. The van der Waals surface area contributed by atoms with Crippen LogP contribution >= 0.6 is 0 Å². The van der Waals surface area contributed by atoms with Crippen LogP contribution in [0.15, 0.2) is 36.5 Å². The summed E-state index contributed by atoms with van der Waals surface area (Å²) >= 11 is 0. The van der Waals surface area contributed by atoms with Gasteiger partial charge in [0.25, 0.3) is 0 Å². The van der Waals surface area contributed by atoms with Crippen LogP contribution in [0.3, 0.4) is 0 Å². The number of aryl methyl sites for hydroxylation is 2. The molecule has 2 amide bonds. The maximum Gasteiger partial charge on any atom is 0.388 e. The zero-order valence-electron chi connectivity index (χ0n) is 13.3. The maximum atomic E-state index is 12.6. The number of carbonyl (C=O) groups is 1. The Labute approximate surface area is 143 Å². The molecule has 1 aliphatic carbocycles. The van der Waals surface area contributed by atoms with Crippen molar-refractivity contribution in [1.82, 2.24) is 10.3 Å². The van der Waals surface area contributed by atoms with Crippen molar-refractivity contribution in [3.63, 3.8) is 0 Å². The molecule has 1 aromatic heterocycles. The fourth-order valence-corrected chi connectivity index (χ4v) is 2.45. The fraction of sp³-hybridized carbons (Fsp3) is 0.294. The molecule has 0 saturated heterocycles. The Hall–Kier alpha value is -2.77. The number of nitrogens with two attached hydrogens (primary N) is 1. The van der Waals surface area contributed by atoms with E-state index < -0.39 is 12.6 Å². The van der Waals surface area contributed by atoms with Crippen LogP contribution < -0.4 is 15.8 Å². The number of halogens is 3. The Morgan fingerprint density at radius 3 is 2.72 bits per heavy atom. The largest absolute Gasteiger partial charge is 0.417 e. The first-order chi connectivity index (χ1) is 11.9. The molecular formula is C17H18F3N3O2. The van der Waals surface area contributed by atoms with Gasteiger partial charge in [0.05, 0.1) is 0 Å². The van der Waals surface area contributed by atoms with Crippen LogP contribution in [0.4, 0.5) is 18.0 Å². The van der Waals surface area contributed by atoms with Crippen LogP contribution in [0.25, 0.3) is 0 Å². The quantitative estimate of drug-likeness (QED) is 0.886. The first-order valence-electron chi connectivity index (χ1n) is 7.64. The molecule has 25 heavy (non-hydrogen) atoms. The number of aromatic nitrogens is 1. The lowest BCUT2D eigenvalue weighted by atomic mass is 10.1. The summed E-state index contributed by atoms with van der Waals surface area (Å²) in [5.74, 6) is -0.297. The SMILES string of the molecule is Fc1ccc2c(c1)CCC2.NC(=O)NCc1ccnc(OC(F)F)c1. The number of pyridine rings is 1. The molecule has 0 fully saturated rings. The van der Waals surface area contributed by atoms with Crippen LogP contribution in [0.1, 0.15) is 23.1 Å². The highest BCUT2D eigenvalue weighted by atomic mass is 19.3. The average Bonchev–Trinajstić information content (AvgIpc) is 3.01. The molecule has 3 N–H and O–H groups in total. The third kappa shape index (κ3) is 6.33. The second-order valence-electron chi connectivity index (χ2n) is 5.37. The number of primary amides is 1. The second-order valence-corrected chi connectivity index (χ2v) is 5.37. The van der Waals surface area contributed by atoms with Gasteiger partial charge in [-0.15, -0.1) is 0 Å². The van der Waals surface area contributed by atoms with Gasteiger partial charge in [0.2, 0.25) is 5.88 Å². The molecule has 5 nitrogen and oxygen atoms in total. The van der Waals surface area contributed by atoms with Crippen LogP contribution in [0, 0.1) is 5.82 Å². The van der Waals surface area contributed by atoms with Gasteiger partial charge in [0, 0.05) is 18.8 Å². The van der Waals surface area contributed by atoms with Gasteiger partial charge in [-0.25, -0.2) is 14.2 Å². The molecular weight excluding hydrogens is 335 g/mol. The van der Waals surface area contributed by atoms with Gasteiger partial charge < -0.3 is 15.8 Å². The Morgan fingerprint density at radius 1 is 1.24 bits per heavy atom. The molecule has 3 rings (SSSR count). The molecule has 0 saturated carbocycles. The number of ether oxygens (including phenoxy) is 1. The van der Waals surface area contributed by atoms with Gasteiger partial charge in [0.1, 0.15) is 5.82 Å². The van der Waals surface area contributed by atoms with E-state index in [1.807, 2.05) is 6.07 Å². The minimum absolute atomic E-state index is 0.0966. The third-order valence-electron chi connectivity index (χ3n) is 3.54. The molecule has 8 heteroatoms. The number of rotatable bonds is 4. The summed E-state index contributed by atoms with van der Waals surface area (Å²) in [6.45, 7) is -2.78. The molecule has 0 spiro atoms. The molecule has 0 unspecified atom stereocenters. The summed E-state index contributed by atoms with van der Waals surface area (Å²) in [6.07, 6.45) is 4.69. The van der Waals surface area contributed by atoms with Crippen LogP contribution in [0.5, 0.6) is 5.88 Å². The minimum atomic E-state index is -2.92. The van der Waals surface area contributed by atoms with Crippen molar-refractivity contribution < 1.29 is 22.7 Å². The van der Waals surface area contributed by atoms with Gasteiger partial charge in [-0.3, -0.25) is 0 Å². The predicted octanol–water partition coefficient (Wildman–Crippen LogP) is 3.17. The van der Waals surface area contributed by atoms with E-state index in [1.165, 1.54) is 29.8 Å². The summed E-state index contributed by atoms with van der Waals surface area (Å²) in [4.78, 5) is 13.9. The molecule has 0 radical (unpaired) electrons. The van der Waals surface area contributed by atoms with E-state index in [2.05, 4.69) is 15.0 Å². The Balaban J connectivity index is 0.000000194. The van der Waals surface area contributed by atoms with Crippen LogP contribution in [0.2, 0.25) is 0 Å². The number of amides is 2. The standard InChI is InChI=1S/C9H9F.C8H9F2N3O2/c10-9-5-4-7-2-1-3-8(7)6-9;9-7(10)15-6-3-5(1-2-12-6)4-13-8(11)14/h4-6H,1-3H2;1-3,7H,4H2,(H3,11,13,14). The number of nitrogens with zero attached hydrogens (tertiary/aromatic N) is 1. The lowest BCUT2D eigenvalue weighted by Gasteiger charge is -2.05. The van der Waals surface area contributed by atoms with Crippen molar-refractivity contribution in [2.75, 3.05) is 0 Å². The maximum absolute atomic E-state index is 12.6. The average molecular weight is 353 g/mol. The number of hydrogen-bond donors (Lipinski definition) is 2. The molecule has 1 heterocycles. The molecule has 134 valence electrons. The topological polar surface area (TPSA) is 77.2 Å². The van der Waals surface area contributed by atoms with Crippen molar-refractivity contribution in [3.05, 3.63) is 59.0 Å². The van der Waals surface area contributed by atoms with E-state index in [0.717, 1.165) is 12.8 Å². The van der Waals surface area contributed by atoms with Crippen molar-refractivity contribution >= 4 is 6.03 Å². The first kappa shape index (κ1) is 18.6. The number of hydrogen-bond acceptors (Lipinski definition) is 3. The smallest absolute Gasteiger partial charge is 0.388 e. The number of fused-ring (bicyclic) bond motifs is 1.